The van der Waals surface area contributed by atoms with Gasteiger partial charge in [0.25, 0.3) is 11.8 Å². The minimum absolute atomic E-state index is 0.0432. The molecule has 0 aliphatic carbocycles. The molecular formula is C28H28N2O4. The molecule has 6 heteroatoms. The number of carbonyl (C=O) groups excluding carboxylic acids is 3. The Kier molecular flexibility index (Phi) is 7.07. The molecule has 0 radical (unpaired) electrons. The van der Waals surface area contributed by atoms with Gasteiger partial charge in [-0.1, -0.05) is 48.5 Å². The van der Waals surface area contributed by atoms with Crippen LogP contribution in [-0.4, -0.2) is 41.8 Å². The molecule has 0 saturated carbocycles. The van der Waals surface area contributed by atoms with Crippen LogP contribution >= 0.6 is 0 Å². The largest absolute Gasteiger partial charge is 0.494 e. The number of nitrogens with zero attached hydrogens (tertiary/aromatic N) is 2. The maximum atomic E-state index is 13.6. The van der Waals surface area contributed by atoms with Crippen LogP contribution in [0.2, 0.25) is 0 Å². The predicted octanol–water partition coefficient (Wildman–Crippen LogP) is 4.41. The van der Waals surface area contributed by atoms with Crippen molar-refractivity contribution in [2.24, 2.45) is 0 Å². The second-order valence-corrected chi connectivity index (χ2v) is 8.26. The molecule has 1 aliphatic rings. The average molecular weight is 457 g/mol. The van der Waals surface area contributed by atoms with Crippen molar-refractivity contribution in [3.05, 3.63) is 95.6 Å². The van der Waals surface area contributed by atoms with Gasteiger partial charge >= 0.3 is 0 Å². The minimum atomic E-state index is -0.852. The summed E-state index contributed by atoms with van der Waals surface area (Å²) in [5.41, 5.74) is 2.91. The topological polar surface area (TPSA) is 66.9 Å². The van der Waals surface area contributed by atoms with Crippen LogP contribution in [0.15, 0.2) is 78.9 Å². The molecule has 1 aliphatic heterocycles. The van der Waals surface area contributed by atoms with E-state index in [0.717, 1.165) is 11.1 Å². The SMILES string of the molecule is CCOc1ccc(N2C(=O)CC(N(CCc3ccccc3)C(=O)c3ccccc3C)C2=O)cc1. The standard InChI is InChI=1S/C28H28N2O4/c1-3-34-23-15-13-22(14-16-23)30-26(31)19-25(28(30)33)29(18-17-21-10-5-4-6-11-21)27(32)24-12-8-7-9-20(24)2/h4-16,25H,3,17-19H2,1-2H3. The van der Waals surface area contributed by atoms with Crippen molar-refractivity contribution in [1.29, 1.82) is 0 Å². The van der Waals surface area contributed by atoms with Crippen LogP contribution in [0.5, 0.6) is 5.75 Å². The summed E-state index contributed by atoms with van der Waals surface area (Å²) in [5.74, 6) is -0.277. The molecule has 1 unspecified atom stereocenters. The van der Waals surface area contributed by atoms with Crippen molar-refractivity contribution in [2.45, 2.75) is 32.7 Å². The highest BCUT2D eigenvalue weighted by molar-refractivity contribution is 6.23. The average Bonchev–Trinajstić information content (AvgIpc) is 3.14. The zero-order chi connectivity index (χ0) is 24.1. The minimum Gasteiger partial charge on any atom is -0.494 e. The van der Waals surface area contributed by atoms with Gasteiger partial charge in [-0.05, 0) is 61.7 Å². The first-order valence-corrected chi connectivity index (χ1v) is 11.5. The Balaban J connectivity index is 1.62. The first-order valence-electron chi connectivity index (χ1n) is 11.5. The van der Waals surface area contributed by atoms with Crippen molar-refractivity contribution in [3.8, 4) is 5.75 Å². The van der Waals surface area contributed by atoms with Gasteiger partial charge in [-0.2, -0.15) is 0 Å². The molecule has 1 heterocycles. The van der Waals surface area contributed by atoms with E-state index in [-0.39, 0.29) is 24.1 Å². The summed E-state index contributed by atoms with van der Waals surface area (Å²) >= 11 is 0. The van der Waals surface area contributed by atoms with E-state index in [1.807, 2.05) is 62.4 Å². The zero-order valence-electron chi connectivity index (χ0n) is 19.4. The number of rotatable bonds is 8. The fourth-order valence-electron chi connectivity index (χ4n) is 4.25. The third-order valence-electron chi connectivity index (χ3n) is 6.03. The Hall–Kier alpha value is -3.93. The molecule has 174 valence electrons. The normalized spacial score (nSPS) is 15.5. The molecule has 6 nitrogen and oxygen atoms in total. The zero-order valence-corrected chi connectivity index (χ0v) is 19.4. The van der Waals surface area contributed by atoms with Crippen molar-refractivity contribution < 1.29 is 19.1 Å². The number of amides is 3. The summed E-state index contributed by atoms with van der Waals surface area (Å²) in [4.78, 5) is 42.8. The van der Waals surface area contributed by atoms with Crippen molar-refractivity contribution in [3.63, 3.8) is 0 Å². The summed E-state index contributed by atoms with van der Waals surface area (Å²) in [5, 5.41) is 0. The van der Waals surface area contributed by atoms with Crippen molar-refractivity contribution >= 4 is 23.4 Å². The van der Waals surface area contributed by atoms with Gasteiger partial charge in [0.15, 0.2) is 0 Å². The van der Waals surface area contributed by atoms with Crippen LogP contribution in [0.4, 0.5) is 5.69 Å². The van der Waals surface area contributed by atoms with Crippen molar-refractivity contribution in [1.82, 2.24) is 4.90 Å². The molecule has 34 heavy (non-hydrogen) atoms. The van der Waals surface area contributed by atoms with Crippen LogP contribution in [0.1, 0.15) is 34.8 Å². The molecule has 0 spiro atoms. The van der Waals surface area contributed by atoms with E-state index < -0.39 is 6.04 Å². The number of ether oxygens (including phenoxy) is 1. The maximum absolute atomic E-state index is 13.6. The van der Waals surface area contributed by atoms with Gasteiger partial charge in [0.05, 0.1) is 18.7 Å². The fraction of sp³-hybridized carbons (Fsp3) is 0.250. The first kappa shape index (κ1) is 23.2. The molecule has 4 rings (SSSR count). The highest BCUT2D eigenvalue weighted by Crippen LogP contribution is 2.29. The lowest BCUT2D eigenvalue weighted by molar-refractivity contribution is -0.122. The molecule has 3 aromatic carbocycles. The monoisotopic (exact) mass is 456 g/mol. The Morgan fingerprint density at radius 3 is 2.32 bits per heavy atom. The van der Waals surface area contributed by atoms with E-state index in [0.29, 0.717) is 36.6 Å². The third kappa shape index (κ3) is 4.86. The molecule has 0 N–H and O–H groups in total. The fourth-order valence-corrected chi connectivity index (χ4v) is 4.25. The van der Waals surface area contributed by atoms with Crippen LogP contribution in [0.3, 0.4) is 0 Å². The molecule has 1 atom stereocenters. The summed E-state index contributed by atoms with van der Waals surface area (Å²) in [7, 11) is 0. The second-order valence-electron chi connectivity index (χ2n) is 8.26. The van der Waals surface area contributed by atoms with Crippen molar-refractivity contribution in [2.75, 3.05) is 18.1 Å². The summed E-state index contributed by atoms with van der Waals surface area (Å²) in [6, 6.07) is 23.1. The summed E-state index contributed by atoms with van der Waals surface area (Å²) in [6.45, 7) is 4.62. The second kappa shape index (κ2) is 10.3. The van der Waals surface area contributed by atoms with Gasteiger partial charge in [-0.3, -0.25) is 14.4 Å². The Morgan fingerprint density at radius 1 is 0.971 bits per heavy atom. The van der Waals surface area contributed by atoms with Gasteiger partial charge in [-0.15, -0.1) is 0 Å². The predicted molar refractivity (Wildman–Crippen MR) is 131 cm³/mol. The van der Waals surface area contributed by atoms with Crippen LogP contribution in [0.25, 0.3) is 0 Å². The quantitative estimate of drug-likeness (QED) is 0.471. The molecule has 1 saturated heterocycles. The lowest BCUT2D eigenvalue weighted by atomic mass is 10.0. The number of imide groups is 1. The number of anilines is 1. The lowest BCUT2D eigenvalue weighted by Gasteiger charge is -2.28. The van der Waals surface area contributed by atoms with Gasteiger partial charge in [-0.25, -0.2) is 4.90 Å². The van der Waals surface area contributed by atoms with Gasteiger partial charge in [0.2, 0.25) is 5.91 Å². The molecule has 0 bridgehead atoms. The Bertz CT molecular complexity index is 1170. The number of aryl methyl sites for hydroxylation is 1. The number of hydrogen-bond acceptors (Lipinski definition) is 4. The third-order valence-corrected chi connectivity index (χ3v) is 6.03. The number of benzene rings is 3. The molecule has 3 aromatic rings. The highest BCUT2D eigenvalue weighted by atomic mass is 16.5. The molecule has 1 fully saturated rings. The van der Waals surface area contributed by atoms with Crippen LogP contribution in [-0.2, 0) is 16.0 Å². The summed E-state index contributed by atoms with van der Waals surface area (Å²) < 4.78 is 5.46. The first-order chi connectivity index (χ1) is 16.5. The van der Waals surface area contributed by atoms with E-state index in [4.69, 9.17) is 4.74 Å². The smallest absolute Gasteiger partial charge is 0.257 e. The maximum Gasteiger partial charge on any atom is 0.257 e. The molecular weight excluding hydrogens is 428 g/mol. The van der Waals surface area contributed by atoms with Gasteiger partial charge < -0.3 is 9.64 Å². The number of carbonyl (C=O) groups is 3. The van der Waals surface area contributed by atoms with E-state index in [2.05, 4.69) is 0 Å². The van der Waals surface area contributed by atoms with E-state index in [1.54, 1.807) is 35.2 Å². The van der Waals surface area contributed by atoms with E-state index >= 15 is 0 Å². The highest BCUT2D eigenvalue weighted by Gasteiger charge is 2.44. The van der Waals surface area contributed by atoms with E-state index in [9.17, 15) is 14.4 Å². The summed E-state index contributed by atoms with van der Waals surface area (Å²) in [6.07, 6.45) is 0.540. The van der Waals surface area contributed by atoms with Crippen LogP contribution < -0.4 is 9.64 Å². The molecule has 0 aromatic heterocycles. The van der Waals surface area contributed by atoms with Gasteiger partial charge in [0, 0.05) is 12.1 Å². The van der Waals surface area contributed by atoms with Crippen LogP contribution in [0, 0.1) is 6.92 Å². The number of hydrogen-bond donors (Lipinski definition) is 0. The molecule has 3 amide bonds. The Morgan fingerprint density at radius 2 is 1.65 bits per heavy atom. The Labute approximate surface area is 199 Å². The van der Waals surface area contributed by atoms with Gasteiger partial charge in [0.1, 0.15) is 11.8 Å². The van der Waals surface area contributed by atoms with E-state index in [1.165, 1.54) is 4.90 Å². The lowest BCUT2D eigenvalue weighted by Crippen LogP contribution is -2.46.